The Kier molecular flexibility index (Phi) is 4.18. The third-order valence-electron chi connectivity index (χ3n) is 2.60. The van der Waals surface area contributed by atoms with Gasteiger partial charge in [0.05, 0.1) is 19.3 Å². The molecule has 4 heteroatoms. The van der Waals surface area contributed by atoms with Crippen molar-refractivity contribution in [2.45, 2.75) is 12.4 Å². The van der Waals surface area contributed by atoms with Gasteiger partial charge in [0.2, 0.25) is 0 Å². The van der Waals surface area contributed by atoms with E-state index in [1.54, 1.807) is 7.11 Å². The van der Waals surface area contributed by atoms with Crippen molar-refractivity contribution >= 4 is 11.6 Å². The summed E-state index contributed by atoms with van der Waals surface area (Å²) in [6.07, 6.45) is 3.89. The maximum atomic E-state index is 5.76. The van der Waals surface area contributed by atoms with Gasteiger partial charge in [-0.25, -0.2) is 0 Å². The lowest BCUT2D eigenvalue weighted by atomic mass is 10.1. The Balaban J connectivity index is 2.12. The number of nitrogens with zero attached hydrogens (tertiary/aromatic N) is 2. The van der Waals surface area contributed by atoms with Crippen LogP contribution in [0.3, 0.4) is 0 Å². The molecular weight excluding hydrogens is 236 g/mol. The summed E-state index contributed by atoms with van der Waals surface area (Å²) in [4.78, 5) is 0. The second kappa shape index (κ2) is 5.84. The lowest BCUT2D eigenvalue weighted by molar-refractivity contribution is 0.183. The molecule has 90 valence electrons. The third kappa shape index (κ3) is 3.08. The first-order valence-electron chi connectivity index (χ1n) is 5.50. The summed E-state index contributed by atoms with van der Waals surface area (Å²) in [5, 5.41) is 4.28. The molecule has 0 unspecified atom stereocenters. The van der Waals surface area contributed by atoms with Crippen LogP contribution in [0.1, 0.15) is 5.56 Å². The lowest BCUT2D eigenvalue weighted by Gasteiger charge is -2.00. The van der Waals surface area contributed by atoms with Crippen molar-refractivity contribution in [2.75, 3.05) is 13.7 Å². The Hall–Kier alpha value is -1.32. The number of benzene rings is 1. The van der Waals surface area contributed by atoms with Crippen LogP contribution in [0.4, 0.5) is 0 Å². The minimum Gasteiger partial charge on any atom is -0.383 e. The quantitative estimate of drug-likeness (QED) is 0.763. The van der Waals surface area contributed by atoms with Crippen LogP contribution in [0.25, 0.3) is 11.1 Å². The van der Waals surface area contributed by atoms with Crippen molar-refractivity contribution in [1.29, 1.82) is 0 Å². The molecule has 0 fully saturated rings. The Bertz CT molecular complexity index is 465. The molecule has 3 nitrogen and oxygen atoms in total. The van der Waals surface area contributed by atoms with E-state index in [-0.39, 0.29) is 0 Å². The van der Waals surface area contributed by atoms with Crippen LogP contribution in [0.5, 0.6) is 0 Å². The molecule has 2 rings (SSSR count). The molecule has 0 saturated carbocycles. The van der Waals surface area contributed by atoms with Gasteiger partial charge in [0, 0.05) is 24.8 Å². The van der Waals surface area contributed by atoms with Gasteiger partial charge < -0.3 is 4.74 Å². The van der Waals surface area contributed by atoms with Gasteiger partial charge in [0.1, 0.15) is 0 Å². The summed E-state index contributed by atoms with van der Waals surface area (Å²) in [6.45, 7) is 1.45. The fraction of sp³-hybridized carbons (Fsp3) is 0.308. The fourth-order valence-corrected chi connectivity index (χ4v) is 1.78. The van der Waals surface area contributed by atoms with Crippen LogP contribution in [0.15, 0.2) is 36.7 Å². The van der Waals surface area contributed by atoms with E-state index in [0.29, 0.717) is 12.5 Å². The summed E-state index contributed by atoms with van der Waals surface area (Å²) in [6, 6.07) is 8.20. The average Bonchev–Trinajstić information content (AvgIpc) is 2.85. The van der Waals surface area contributed by atoms with Crippen molar-refractivity contribution in [3.63, 3.8) is 0 Å². The zero-order chi connectivity index (χ0) is 12.1. The molecule has 0 radical (unpaired) electrons. The van der Waals surface area contributed by atoms with E-state index >= 15 is 0 Å². The molecule has 0 aliphatic heterocycles. The highest BCUT2D eigenvalue weighted by atomic mass is 35.5. The molecule has 17 heavy (non-hydrogen) atoms. The number of hydrogen-bond acceptors (Lipinski definition) is 2. The van der Waals surface area contributed by atoms with E-state index in [9.17, 15) is 0 Å². The number of halogens is 1. The number of ether oxygens (including phenoxy) is 1. The number of aromatic nitrogens is 2. The van der Waals surface area contributed by atoms with Gasteiger partial charge in [-0.15, -0.1) is 11.6 Å². The van der Waals surface area contributed by atoms with Crippen LogP contribution in [0.2, 0.25) is 0 Å². The molecule has 1 heterocycles. The molecule has 1 aromatic heterocycles. The van der Waals surface area contributed by atoms with Crippen molar-refractivity contribution < 1.29 is 4.74 Å². The van der Waals surface area contributed by atoms with E-state index in [1.165, 1.54) is 0 Å². The normalized spacial score (nSPS) is 10.7. The number of methoxy groups -OCH3 is 1. The minimum absolute atomic E-state index is 0.549. The fourth-order valence-electron chi connectivity index (χ4n) is 1.61. The summed E-state index contributed by atoms with van der Waals surface area (Å²) >= 11 is 5.76. The summed E-state index contributed by atoms with van der Waals surface area (Å²) in [5.41, 5.74) is 3.40. The second-order valence-electron chi connectivity index (χ2n) is 3.82. The lowest BCUT2D eigenvalue weighted by Crippen LogP contribution is -2.03. The summed E-state index contributed by atoms with van der Waals surface area (Å²) < 4.78 is 6.90. The maximum Gasteiger partial charge on any atom is 0.0658 e. The van der Waals surface area contributed by atoms with E-state index in [2.05, 4.69) is 17.2 Å². The first kappa shape index (κ1) is 12.1. The molecule has 0 spiro atoms. The van der Waals surface area contributed by atoms with E-state index in [1.807, 2.05) is 29.2 Å². The highest BCUT2D eigenvalue weighted by Gasteiger charge is 2.01. The first-order valence-corrected chi connectivity index (χ1v) is 6.03. The zero-order valence-electron chi connectivity index (χ0n) is 9.77. The largest absolute Gasteiger partial charge is 0.383 e. The zero-order valence-corrected chi connectivity index (χ0v) is 10.5. The average molecular weight is 251 g/mol. The Morgan fingerprint density at radius 2 is 2.00 bits per heavy atom. The van der Waals surface area contributed by atoms with Gasteiger partial charge in [-0.3, -0.25) is 4.68 Å². The van der Waals surface area contributed by atoms with Crippen LogP contribution in [0, 0.1) is 0 Å². The number of hydrogen-bond donors (Lipinski definition) is 0. The molecule has 0 saturated heterocycles. The summed E-state index contributed by atoms with van der Waals surface area (Å²) in [5.74, 6) is 0.549. The number of rotatable bonds is 5. The Morgan fingerprint density at radius 3 is 2.65 bits per heavy atom. The van der Waals surface area contributed by atoms with E-state index < -0.39 is 0 Å². The van der Waals surface area contributed by atoms with Crippen molar-refractivity contribution in [2.24, 2.45) is 0 Å². The minimum atomic E-state index is 0.549. The van der Waals surface area contributed by atoms with Gasteiger partial charge >= 0.3 is 0 Å². The highest BCUT2D eigenvalue weighted by Crippen LogP contribution is 2.19. The first-order chi connectivity index (χ1) is 8.33. The third-order valence-corrected chi connectivity index (χ3v) is 2.91. The molecule has 2 aromatic rings. The Labute approximate surface area is 106 Å². The Morgan fingerprint density at radius 1 is 1.24 bits per heavy atom. The van der Waals surface area contributed by atoms with Gasteiger partial charge in [-0.05, 0) is 11.1 Å². The monoisotopic (exact) mass is 250 g/mol. The molecule has 0 amide bonds. The molecule has 1 aromatic carbocycles. The van der Waals surface area contributed by atoms with Gasteiger partial charge in [-0.1, -0.05) is 24.3 Å². The molecule has 0 aliphatic rings. The number of alkyl halides is 1. The molecule has 0 atom stereocenters. The topological polar surface area (TPSA) is 27.1 Å². The van der Waals surface area contributed by atoms with Crippen LogP contribution < -0.4 is 0 Å². The van der Waals surface area contributed by atoms with Crippen molar-refractivity contribution in [3.8, 4) is 11.1 Å². The molecular formula is C13H15ClN2O. The van der Waals surface area contributed by atoms with E-state index in [0.717, 1.165) is 23.2 Å². The van der Waals surface area contributed by atoms with Gasteiger partial charge in [-0.2, -0.15) is 5.10 Å². The molecule has 0 bridgehead atoms. The predicted molar refractivity (Wildman–Crippen MR) is 69.1 cm³/mol. The van der Waals surface area contributed by atoms with Gasteiger partial charge in [0.25, 0.3) is 0 Å². The molecule has 0 aliphatic carbocycles. The van der Waals surface area contributed by atoms with Crippen molar-refractivity contribution in [3.05, 3.63) is 42.2 Å². The maximum absolute atomic E-state index is 5.76. The van der Waals surface area contributed by atoms with E-state index in [4.69, 9.17) is 16.3 Å². The van der Waals surface area contributed by atoms with Crippen LogP contribution in [-0.4, -0.2) is 23.5 Å². The van der Waals surface area contributed by atoms with Crippen LogP contribution >= 0.6 is 11.6 Å². The SMILES string of the molecule is COCCn1cc(-c2ccc(CCl)cc2)cn1. The molecule has 0 N–H and O–H groups in total. The standard InChI is InChI=1S/C13H15ClN2O/c1-17-7-6-16-10-13(9-15-16)12-4-2-11(8-14)3-5-12/h2-5,9-10H,6-8H2,1H3. The van der Waals surface area contributed by atoms with Crippen LogP contribution in [-0.2, 0) is 17.2 Å². The van der Waals surface area contributed by atoms with Gasteiger partial charge in [0.15, 0.2) is 0 Å². The second-order valence-corrected chi connectivity index (χ2v) is 4.08. The van der Waals surface area contributed by atoms with Crippen molar-refractivity contribution in [1.82, 2.24) is 9.78 Å². The predicted octanol–water partition coefficient (Wildman–Crippen LogP) is 2.94. The smallest absolute Gasteiger partial charge is 0.0658 e. The highest BCUT2D eigenvalue weighted by molar-refractivity contribution is 6.17. The summed E-state index contributed by atoms with van der Waals surface area (Å²) in [7, 11) is 1.69.